The predicted octanol–water partition coefficient (Wildman–Crippen LogP) is 2.87. The van der Waals surface area contributed by atoms with E-state index >= 15 is 0 Å². The van der Waals surface area contributed by atoms with Gasteiger partial charge in [0.25, 0.3) is 0 Å². The van der Waals surface area contributed by atoms with Crippen molar-refractivity contribution in [2.45, 2.75) is 13.1 Å². The average molecular weight is 366 g/mol. The lowest BCUT2D eigenvalue weighted by molar-refractivity contribution is -0.138. The van der Waals surface area contributed by atoms with Crippen molar-refractivity contribution in [2.75, 3.05) is 0 Å². The number of benzene rings is 1. The van der Waals surface area contributed by atoms with E-state index in [9.17, 15) is 13.2 Å². The SMILES string of the molecule is Cc1nnc(-c2ccc(I)c(C(F)(F)F)c2)nn1. The lowest BCUT2D eigenvalue weighted by Gasteiger charge is -2.10. The summed E-state index contributed by atoms with van der Waals surface area (Å²) in [5.74, 6) is 0.433. The van der Waals surface area contributed by atoms with Gasteiger partial charge in [-0.3, -0.25) is 0 Å². The van der Waals surface area contributed by atoms with Crippen molar-refractivity contribution in [3.8, 4) is 11.4 Å². The first-order chi connectivity index (χ1) is 8.38. The van der Waals surface area contributed by atoms with Crippen molar-refractivity contribution in [3.63, 3.8) is 0 Å². The second kappa shape index (κ2) is 4.75. The maximum absolute atomic E-state index is 12.7. The summed E-state index contributed by atoms with van der Waals surface area (Å²) in [4.78, 5) is 0. The largest absolute Gasteiger partial charge is 0.417 e. The summed E-state index contributed by atoms with van der Waals surface area (Å²) in [6, 6.07) is 3.86. The number of halogens is 4. The smallest absolute Gasteiger partial charge is 0.166 e. The zero-order chi connectivity index (χ0) is 13.3. The van der Waals surface area contributed by atoms with E-state index in [4.69, 9.17) is 0 Å². The fourth-order valence-electron chi connectivity index (χ4n) is 1.28. The molecule has 0 aliphatic carbocycles. The van der Waals surface area contributed by atoms with E-state index < -0.39 is 11.7 Å². The van der Waals surface area contributed by atoms with Gasteiger partial charge in [-0.2, -0.15) is 13.2 Å². The molecule has 0 bridgehead atoms. The molecular formula is C10H6F3IN4. The van der Waals surface area contributed by atoms with Crippen LogP contribution in [-0.4, -0.2) is 20.4 Å². The van der Waals surface area contributed by atoms with E-state index in [-0.39, 0.29) is 15.0 Å². The molecule has 8 heteroatoms. The summed E-state index contributed by atoms with van der Waals surface area (Å²) in [5.41, 5.74) is -0.479. The third-order valence-corrected chi connectivity index (χ3v) is 3.05. The Morgan fingerprint density at radius 3 is 2.22 bits per heavy atom. The monoisotopic (exact) mass is 366 g/mol. The number of aromatic nitrogens is 4. The molecule has 0 spiro atoms. The van der Waals surface area contributed by atoms with E-state index in [0.29, 0.717) is 5.82 Å². The van der Waals surface area contributed by atoms with E-state index in [1.807, 2.05) is 0 Å². The second-order valence-corrected chi connectivity index (χ2v) is 4.63. The van der Waals surface area contributed by atoms with Gasteiger partial charge < -0.3 is 0 Å². The standard InChI is InChI=1S/C10H6F3IN4/c1-5-15-17-9(18-16-5)6-2-3-8(14)7(4-6)10(11,12)13/h2-4H,1H3. The molecule has 0 saturated carbocycles. The summed E-state index contributed by atoms with van der Waals surface area (Å²) in [7, 11) is 0. The Hall–Kier alpha value is -1.32. The van der Waals surface area contributed by atoms with E-state index in [0.717, 1.165) is 6.07 Å². The van der Waals surface area contributed by atoms with E-state index in [1.165, 1.54) is 12.1 Å². The maximum atomic E-state index is 12.7. The Balaban J connectivity index is 2.50. The van der Waals surface area contributed by atoms with Gasteiger partial charge in [-0.1, -0.05) is 0 Å². The van der Waals surface area contributed by atoms with E-state index in [2.05, 4.69) is 20.4 Å². The summed E-state index contributed by atoms with van der Waals surface area (Å²) < 4.78 is 38.3. The van der Waals surface area contributed by atoms with Gasteiger partial charge in [-0.15, -0.1) is 20.4 Å². The van der Waals surface area contributed by atoms with Gasteiger partial charge in [0, 0.05) is 9.13 Å². The number of nitrogens with zero attached hydrogens (tertiary/aromatic N) is 4. The van der Waals surface area contributed by atoms with Gasteiger partial charge >= 0.3 is 6.18 Å². The fourth-order valence-corrected chi connectivity index (χ4v) is 1.92. The van der Waals surface area contributed by atoms with Crippen LogP contribution >= 0.6 is 22.6 Å². The van der Waals surface area contributed by atoms with Gasteiger partial charge in [0.05, 0.1) is 5.56 Å². The van der Waals surface area contributed by atoms with Crippen LogP contribution in [0.4, 0.5) is 13.2 Å². The molecule has 0 amide bonds. The number of hydrogen-bond donors (Lipinski definition) is 0. The van der Waals surface area contributed by atoms with Gasteiger partial charge in [-0.25, -0.2) is 0 Å². The molecular weight excluding hydrogens is 360 g/mol. The van der Waals surface area contributed by atoms with Gasteiger partial charge in [-0.05, 0) is 47.7 Å². The highest BCUT2D eigenvalue weighted by Gasteiger charge is 2.33. The first kappa shape index (κ1) is 13.1. The molecule has 0 radical (unpaired) electrons. The molecule has 0 atom stereocenters. The molecule has 1 heterocycles. The van der Waals surface area contributed by atoms with Crippen LogP contribution < -0.4 is 0 Å². The zero-order valence-corrected chi connectivity index (χ0v) is 11.2. The normalized spacial score (nSPS) is 11.6. The first-order valence-electron chi connectivity index (χ1n) is 4.79. The lowest BCUT2D eigenvalue weighted by Crippen LogP contribution is -2.08. The molecule has 0 saturated heterocycles. The van der Waals surface area contributed by atoms with Crippen LogP contribution in [0.3, 0.4) is 0 Å². The van der Waals surface area contributed by atoms with Crippen LogP contribution in [0, 0.1) is 10.5 Å². The molecule has 0 unspecified atom stereocenters. The average Bonchev–Trinajstić information content (AvgIpc) is 2.29. The number of rotatable bonds is 1. The predicted molar refractivity (Wildman–Crippen MR) is 65.5 cm³/mol. The third-order valence-electron chi connectivity index (χ3n) is 2.11. The van der Waals surface area contributed by atoms with Gasteiger partial charge in [0.2, 0.25) is 5.82 Å². The molecule has 4 nitrogen and oxygen atoms in total. The second-order valence-electron chi connectivity index (χ2n) is 3.46. The van der Waals surface area contributed by atoms with Crippen LogP contribution in [0.15, 0.2) is 18.2 Å². The molecule has 0 N–H and O–H groups in total. The molecule has 1 aromatic carbocycles. The van der Waals surface area contributed by atoms with Crippen molar-refractivity contribution in [3.05, 3.63) is 33.2 Å². The molecule has 2 aromatic rings. The van der Waals surface area contributed by atoms with Crippen molar-refractivity contribution in [2.24, 2.45) is 0 Å². The summed E-state index contributed by atoms with van der Waals surface area (Å²) in [5, 5.41) is 14.7. The molecule has 18 heavy (non-hydrogen) atoms. The number of hydrogen-bond acceptors (Lipinski definition) is 4. The Morgan fingerprint density at radius 2 is 1.67 bits per heavy atom. The van der Waals surface area contributed by atoms with Crippen LogP contribution in [0.1, 0.15) is 11.4 Å². The third kappa shape index (κ3) is 2.74. The summed E-state index contributed by atoms with van der Waals surface area (Å²) >= 11 is 1.63. The molecule has 2 rings (SSSR count). The molecule has 1 aromatic heterocycles. The van der Waals surface area contributed by atoms with Crippen LogP contribution in [0.5, 0.6) is 0 Å². The summed E-state index contributed by atoms with van der Waals surface area (Å²) in [6.07, 6.45) is -4.40. The fraction of sp³-hybridized carbons (Fsp3) is 0.200. The minimum absolute atomic E-state index is 0.0718. The van der Waals surface area contributed by atoms with Crippen molar-refractivity contribution in [1.82, 2.24) is 20.4 Å². The van der Waals surface area contributed by atoms with Crippen molar-refractivity contribution in [1.29, 1.82) is 0 Å². The van der Waals surface area contributed by atoms with Crippen LogP contribution in [0.2, 0.25) is 0 Å². The Kier molecular flexibility index (Phi) is 3.46. The van der Waals surface area contributed by atoms with Gasteiger partial charge in [0.1, 0.15) is 0 Å². The number of alkyl halides is 3. The van der Waals surface area contributed by atoms with Crippen molar-refractivity contribution < 1.29 is 13.2 Å². The minimum Gasteiger partial charge on any atom is -0.166 e. The highest BCUT2D eigenvalue weighted by molar-refractivity contribution is 14.1. The first-order valence-corrected chi connectivity index (χ1v) is 5.87. The minimum atomic E-state index is -4.40. The molecule has 0 aliphatic heterocycles. The van der Waals surface area contributed by atoms with E-state index in [1.54, 1.807) is 29.5 Å². The van der Waals surface area contributed by atoms with Gasteiger partial charge in [0.15, 0.2) is 5.82 Å². The summed E-state index contributed by atoms with van der Waals surface area (Å²) in [6.45, 7) is 1.60. The zero-order valence-electron chi connectivity index (χ0n) is 9.03. The molecule has 94 valence electrons. The lowest BCUT2D eigenvalue weighted by atomic mass is 10.1. The quantitative estimate of drug-likeness (QED) is 0.729. The molecule has 0 fully saturated rings. The van der Waals surface area contributed by atoms with Crippen LogP contribution in [-0.2, 0) is 6.18 Å². The maximum Gasteiger partial charge on any atom is 0.417 e. The highest BCUT2D eigenvalue weighted by Crippen LogP contribution is 2.34. The topological polar surface area (TPSA) is 51.6 Å². The number of aryl methyl sites for hydroxylation is 1. The van der Waals surface area contributed by atoms with Crippen molar-refractivity contribution >= 4 is 22.6 Å². The highest BCUT2D eigenvalue weighted by atomic mass is 127. The molecule has 0 aliphatic rings. The Bertz CT molecular complexity index is 568. The Morgan fingerprint density at radius 1 is 1.06 bits per heavy atom. The Labute approximate surface area is 114 Å². The van der Waals surface area contributed by atoms with Crippen LogP contribution in [0.25, 0.3) is 11.4 Å².